The average molecular weight is 219 g/mol. The molecule has 0 aliphatic heterocycles. The van der Waals surface area contributed by atoms with Crippen LogP contribution in [0.25, 0.3) is 0 Å². The van der Waals surface area contributed by atoms with Gasteiger partial charge in [-0.2, -0.15) is 0 Å². The van der Waals surface area contributed by atoms with Gasteiger partial charge in [0.05, 0.1) is 11.4 Å². The van der Waals surface area contributed by atoms with Crippen molar-refractivity contribution < 1.29 is 0 Å². The van der Waals surface area contributed by atoms with Crippen LogP contribution in [0.4, 0.5) is 17.1 Å². The van der Waals surface area contributed by atoms with E-state index < -0.39 is 0 Å². The molecule has 88 valence electrons. The number of hydrogen-bond acceptors (Lipinski definition) is 3. The molecule has 1 aromatic rings. The van der Waals surface area contributed by atoms with E-state index >= 15 is 0 Å². The van der Waals surface area contributed by atoms with Crippen LogP contribution in [0.5, 0.6) is 0 Å². The Kier molecular flexibility index (Phi) is 3.22. The third-order valence-electron chi connectivity index (χ3n) is 3.59. The number of nitrogens with one attached hydrogen (secondary N) is 1. The minimum atomic E-state index is 0.519. The first-order chi connectivity index (χ1) is 7.66. The first-order valence-corrected chi connectivity index (χ1v) is 6.08. The number of nitrogen functional groups attached to an aromatic ring is 2. The van der Waals surface area contributed by atoms with Gasteiger partial charge >= 0.3 is 0 Å². The molecule has 0 saturated heterocycles. The first-order valence-electron chi connectivity index (χ1n) is 6.08. The Morgan fingerprint density at radius 3 is 2.50 bits per heavy atom. The number of anilines is 3. The van der Waals surface area contributed by atoms with Crippen LogP contribution >= 0.6 is 0 Å². The van der Waals surface area contributed by atoms with Gasteiger partial charge in [0.1, 0.15) is 0 Å². The van der Waals surface area contributed by atoms with Crippen molar-refractivity contribution in [2.24, 2.45) is 5.92 Å². The van der Waals surface area contributed by atoms with Gasteiger partial charge < -0.3 is 16.8 Å². The van der Waals surface area contributed by atoms with Gasteiger partial charge in [-0.05, 0) is 43.9 Å². The molecule has 0 heterocycles. The Balaban J connectivity index is 1.99. The molecule has 3 heteroatoms. The fourth-order valence-electron chi connectivity index (χ4n) is 2.50. The third-order valence-corrected chi connectivity index (χ3v) is 3.59. The predicted octanol–water partition coefficient (Wildman–Crippen LogP) is 2.84. The minimum Gasteiger partial charge on any atom is -0.397 e. The Hall–Kier alpha value is -1.38. The van der Waals surface area contributed by atoms with Gasteiger partial charge in [-0.1, -0.05) is 12.8 Å². The fourth-order valence-corrected chi connectivity index (χ4v) is 2.50. The molecule has 0 spiro atoms. The summed E-state index contributed by atoms with van der Waals surface area (Å²) in [5, 5.41) is 3.52. The zero-order valence-electron chi connectivity index (χ0n) is 9.87. The summed E-state index contributed by atoms with van der Waals surface area (Å²) >= 11 is 0. The Morgan fingerprint density at radius 1 is 1.19 bits per heavy atom. The fraction of sp³-hybridized carbons (Fsp3) is 0.538. The molecule has 0 bridgehead atoms. The number of rotatable bonds is 3. The van der Waals surface area contributed by atoms with Crippen LogP contribution in [0.15, 0.2) is 18.2 Å². The molecule has 2 rings (SSSR count). The lowest BCUT2D eigenvalue weighted by molar-refractivity contribution is 0.482. The van der Waals surface area contributed by atoms with Gasteiger partial charge in [0.2, 0.25) is 0 Å². The lowest BCUT2D eigenvalue weighted by Crippen LogP contribution is -2.23. The molecule has 0 amide bonds. The highest BCUT2D eigenvalue weighted by Crippen LogP contribution is 2.30. The van der Waals surface area contributed by atoms with Crippen molar-refractivity contribution in [3.8, 4) is 0 Å². The summed E-state index contributed by atoms with van der Waals surface area (Å²) in [5.74, 6) is 0.804. The summed E-state index contributed by atoms with van der Waals surface area (Å²) in [6, 6.07) is 6.29. The van der Waals surface area contributed by atoms with E-state index in [-0.39, 0.29) is 0 Å². The van der Waals surface area contributed by atoms with Crippen LogP contribution in [0.3, 0.4) is 0 Å². The molecule has 1 fully saturated rings. The minimum absolute atomic E-state index is 0.519. The van der Waals surface area contributed by atoms with Gasteiger partial charge in [0.15, 0.2) is 0 Å². The van der Waals surface area contributed by atoms with Gasteiger partial charge in [-0.15, -0.1) is 0 Å². The van der Waals surface area contributed by atoms with E-state index in [4.69, 9.17) is 11.5 Å². The molecule has 0 aromatic heterocycles. The molecule has 5 N–H and O–H groups in total. The van der Waals surface area contributed by atoms with Crippen molar-refractivity contribution in [3.63, 3.8) is 0 Å². The molecule has 1 saturated carbocycles. The maximum Gasteiger partial charge on any atom is 0.0568 e. The topological polar surface area (TPSA) is 64.1 Å². The predicted molar refractivity (Wildman–Crippen MR) is 70.3 cm³/mol. The molecule has 1 aromatic carbocycles. The standard InChI is InChI=1S/C13H21N3/c1-9(10-4-2-3-5-10)16-11-6-7-12(14)13(15)8-11/h6-10,16H,2-5,14-15H2,1H3. The molecule has 1 aliphatic rings. The van der Waals surface area contributed by atoms with Crippen molar-refractivity contribution in [1.82, 2.24) is 0 Å². The second-order valence-electron chi connectivity index (χ2n) is 4.82. The summed E-state index contributed by atoms with van der Waals surface area (Å²) < 4.78 is 0. The second-order valence-corrected chi connectivity index (χ2v) is 4.82. The second kappa shape index (κ2) is 4.64. The quantitative estimate of drug-likeness (QED) is 0.685. The summed E-state index contributed by atoms with van der Waals surface area (Å²) in [7, 11) is 0. The molecule has 1 atom stereocenters. The van der Waals surface area contributed by atoms with Crippen molar-refractivity contribution in [2.75, 3.05) is 16.8 Å². The van der Waals surface area contributed by atoms with Gasteiger partial charge in [-0.25, -0.2) is 0 Å². The Morgan fingerprint density at radius 2 is 1.88 bits per heavy atom. The van der Waals surface area contributed by atoms with E-state index in [1.807, 2.05) is 18.2 Å². The molecule has 16 heavy (non-hydrogen) atoms. The SMILES string of the molecule is CC(Nc1ccc(N)c(N)c1)C1CCCC1. The zero-order valence-corrected chi connectivity index (χ0v) is 9.87. The van der Waals surface area contributed by atoms with Crippen LogP contribution < -0.4 is 16.8 Å². The van der Waals surface area contributed by atoms with Gasteiger partial charge in [0, 0.05) is 11.7 Å². The molecular formula is C13H21N3. The largest absolute Gasteiger partial charge is 0.397 e. The first kappa shape index (κ1) is 11.1. The Bertz CT molecular complexity index is 356. The summed E-state index contributed by atoms with van der Waals surface area (Å²) in [5.41, 5.74) is 13.9. The number of nitrogens with two attached hydrogens (primary N) is 2. The van der Waals surface area contributed by atoms with E-state index in [1.54, 1.807) is 0 Å². The van der Waals surface area contributed by atoms with E-state index in [0.29, 0.717) is 17.4 Å². The lowest BCUT2D eigenvalue weighted by atomic mass is 9.99. The third kappa shape index (κ3) is 2.40. The van der Waals surface area contributed by atoms with E-state index in [1.165, 1.54) is 25.7 Å². The molecular weight excluding hydrogens is 198 g/mol. The number of benzene rings is 1. The van der Waals surface area contributed by atoms with Crippen LogP contribution in [0.2, 0.25) is 0 Å². The highest BCUT2D eigenvalue weighted by molar-refractivity contribution is 5.69. The average Bonchev–Trinajstić information content (AvgIpc) is 2.77. The molecule has 0 radical (unpaired) electrons. The Labute approximate surface area is 97.2 Å². The van der Waals surface area contributed by atoms with Crippen LogP contribution in [-0.2, 0) is 0 Å². The number of hydrogen-bond donors (Lipinski definition) is 3. The van der Waals surface area contributed by atoms with Crippen LogP contribution in [-0.4, -0.2) is 6.04 Å². The summed E-state index contributed by atoms with van der Waals surface area (Å²) in [6.07, 6.45) is 5.44. The monoisotopic (exact) mass is 219 g/mol. The highest BCUT2D eigenvalue weighted by Gasteiger charge is 2.21. The zero-order chi connectivity index (χ0) is 11.5. The van der Waals surface area contributed by atoms with Crippen LogP contribution in [0.1, 0.15) is 32.6 Å². The van der Waals surface area contributed by atoms with Crippen molar-refractivity contribution in [1.29, 1.82) is 0 Å². The van der Waals surface area contributed by atoms with Crippen molar-refractivity contribution in [2.45, 2.75) is 38.6 Å². The van der Waals surface area contributed by atoms with E-state index in [0.717, 1.165) is 11.6 Å². The summed E-state index contributed by atoms with van der Waals surface area (Å²) in [6.45, 7) is 2.25. The van der Waals surface area contributed by atoms with Crippen LogP contribution in [0, 0.1) is 5.92 Å². The van der Waals surface area contributed by atoms with E-state index in [9.17, 15) is 0 Å². The maximum absolute atomic E-state index is 5.78. The summed E-state index contributed by atoms with van der Waals surface area (Å²) in [4.78, 5) is 0. The van der Waals surface area contributed by atoms with Crippen molar-refractivity contribution >= 4 is 17.1 Å². The van der Waals surface area contributed by atoms with Crippen molar-refractivity contribution in [3.05, 3.63) is 18.2 Å². The normalized spacial score (nSPS) is 18.6. The highest BCUT2D eigenvalue weighted by atomic mass is 14.9. The van der Waals surface area contributed by atoms with E-state index in [2.05, 4.69) is 12.2 Å². The lowest BCUT2D eigenvalue weighted by Gasteiger charge is -2.21. The van der Waals surface area contributed by atoms with Gasteiger partial charge in [0.25, 0.3) is 0 Å². The smallest absolute Gasteiger partial charge is 0.0568 e. The molecule has 1 aliphatic carbocycles. The molecule has 3 nitrogen and oxygen atoms in total. The van der Waals surface area contributed by atoms with Gasteiger partial charge in [-0.3, -0.25) is 0 Å². The maximum atomic E-state index is 5.78. The molecule has 1 unspecified atom stereocenters.